The van der Waals surface area contributed by atoms with E-state index >= 15 is 0 Å². The molecule has 0 atom stereocenters. The maximum atomic E-state index is 4.76. The molecule has 3 heteroatoms. The summed E-state index contributed by atoms with van der Waals surface area (Å²) in [6, 6.07) is 8.50. The molecule has 1 fully saturated rings. The van der Waals surface area contributed by atoms with Crippen molar-refractivity contribution in [1.82, 2.24) is 4.98 Å². The van der Waals surface area contributed by atoms with Crippen LogP contribution in [0.3, 0.4) is 0 Å². The first kappa shape index (κ1) is 11.0. The van der Waals surface area contributed by atoms with Crippen LogP contribution in [-0.2, 0) is 0 Å². The SMILES string of the molecule is Cc1cc(N2CCCC2)nc2ccc(Br)cc12. The maximum Gasteiger partial charge on any atom is 0.129 e. The van der Waals surface area contributed by atoms with Crippen molar-refractivity contribution in [2.75, 3.05) is 18.0 Å². The molecule has 88 valence electrons. The highest BCUT2D eigenvalue weighted by Crippen LogP contribution is 2.26. The smallest absolute Gasteiger partial charge is 0.129 e. The van der Waals surface area contributed by atoms with Gasteiger partial charge in [-0.3, -0.25) is 0 Å². The Labute approximate surface area is 110 Å². The third-order valence-corrected chi connectivity index (χ3v) is 3.89. The standard InChI is InChI=1S/C14H15BrN2/c1-10-8-14(17-6-2-3-7-17)16-13-5-4-11(15)9-12(10)13/h4-5,8-9H,2-3,6-7H2,1H3. The third kappa shape index (κ3) is 2.04. The Balaban J connectivity index is 2.13. The van der Waals surface area contributed by atoms with Crippen LogP contribution in [0.1, 0.15) is 18.4 Å². The topological polar surface area (TPSA) is 16.1 Å². The first-order valence-corrected chi connectivity index (χ1v) is 6.85. The molecule has 2 nitrogen and oxygen atoms in total. The van der Waals surface area contributed by atoms with E-state index in [4.69, 9.17) is 4.98 Å². The lowest BCUT2D eigenvalue weighted by atomic mass is 10.1. The van der Waals surface area contributed by atoms with Gasteiger partial charge in [-0.1, -0.05) is 15.9 Å². The van der Waals surface area contributed by atoms with Crippen molar-refractivity contribution in [3.8, 4) is 0 Å². The zero-order chi connectivity index (χ0) is 11.8. The van der Waals surface area contributed by atoms with Crippen LogP contribution in [0.2, 0.25) is 0 Å². The number of rotatable bonds is 1. The Morgan fingerprint density at radius 2 is 1.94 bits per heavy atom. The summed E-state index contributed by atoms with van der Waals surface area (Å²) in [5.41, 5.74) is 2.40. The van der Waals surface area contributed by atoms with Crippen LogP contribution in [0.5, 0.6) is 0 Å². The Kier molecular flexibility index (Phi) is 2.79. The van der Waals surface area contributed by atoms with Gasteiger partial charge in [-0.2, -0.15) is 0 Å². The highest BCUT2D eigenvalue weighted by atomic mass is 79.9. The normalized spacial score (nSPS) is 15.8. The lowest BCUT2D eigenvalue weighted by Crippen LogP contribution is -2.19. The number of anilines is 1. The molecule has 1 aromatic heterocycles. The van der Waals surface area contributed by atoms with Crippen molar-refractivity contribution >= 4 is 32.7 Å². The number of benzene rings is 1. The highest BCUT2D eigenvalue weighted by Gasteiger charge is 2.14. The Morgan fingerprint density at radius 3 is 2.71 bits per heavy atom. The van der Waals surface area contributed by atoms with E-state index in [0.717, 1.165) is 28.9 Å². The van der Waals surface area contributed by atoms with Gasteiger partial charge in [-0.15, -0.1) is 0 Å². The highest BCUT2D eigenvalue weighted by molar-refractivity contribution is 9.10. The summed E-state index contributed by atoms with van der Waals surface area (Å²) in [6.45, 7) is 4.46. The number of nitrogens with zero attached hydrogens (tertiary/aromatic N) is 2. The van der Waals surface area contributed by atoms with Crippen LogP contribution in [0.25, 0.3) is 10.9 Å². The van der Waals surface area contributed by atoms with Gasteiger partial charge in [0.15, 0.2) is 0 Å². The van der Waals surface area contributed by atoms with Crippen molar-refractivity contribution in [3.63, 3.8) is 0 Å². The predicted molar refractivity (Wildman–Crippen MR) is 75.6 cm³/mol. The summed E-state index contributed by atoms with van der Waals surface area (Å²) in [7, 11) is 0. The van der Waals surface area contributed by atoms with E-state index in [1.165, 1.54) is 23.8 Å². The largest absolute Gasteiger partial charge is 0.357 e. The predicted octanol–water partition coefficient (Wildman–Crippen LogP) is 3.91. The minimum absolute atomic E-state index is 1.09. The van der Waals surface area contributed by atoms with Gasteiger partial charge in [-0.25, -0.2) is 4.98 Å². The minimum Gasteiger partial charge on any atom is -0.357 e. The van der Waals surface area contributed by atoms with Gasteiger partial charge in [0.25, 0.3) is 0 Å². The van der Waals surface area contributed by atoms with Crippen LogP contribution in [0.4, 0.5) is 5.82 Å². The van der Waals surface area contributed by atoms with Crippen molar-refractivity contribution in [3.05, 3.63) is 34.3 Å². The molecule has 1 aliphatic heterocycles. The summed E-state index contributed by atoms with van der Waals surface area (Å²) in [6.07, 6.45) is 2.58. The van der Waals surface area contributed by atoms with Crippen molar-refractivity contribution in [2.24, 2.45) is 0 Å². The first-order valence-electron chi connectivity index (χ1n) is 6.06. The zero-order valence-corrected chi connectivity index (χ0v) is 11.5. The molecule has 0 radical (unpaired) electrons. The van der Waals surface area contributed by atoms with Gasteiger partial charge >= 0.3 is 0 Å². The second kappa shape index (κ2) is 4.30. The second-order valence-corrected chi connectivity index (χ2v) is 5.57. The van der Waals surface area contributed by atoms with Gasteiger partial charge in [0, 0.05) is 22.9 Å². The lowest BCUT2D eigenvalue weighted by molar-refractivity contribution is 0.942. The minimum atomic E-state index is 1.09. The van der Waals surface area contributed by atoms with Crippen molar-refractivity contribution in [1.29, 1.82) is 0 Å². The average molecular weight is 291 g/mol. The molecule has 2 aromatic rings. The van der Waals surface area contributed by atoms with E-state index in [-0.39, 0.29) is 0 Å². The van der Waals surface area contributed by atoms with Gasteiger partial charge in [0.2, 0.25) is 0 Å². The molecule has 0 aliphatic carbocycles. The molecular weight excluding hydrogens is 276 g/mol. The van der Waals surface area contributed by atoms with E-state index in [2.05, 4.69) is 52.0 Å². The summed E-state index contributed by atoms with van der Waals surface area (Å²) in [4.78, 5) is 7.15. The lowest BCUT2D eigenvalue weighted by Gasteiger charge is -2.17. The van der Waals surface area contributed by atoms with Crippen molar-refractivity contribution < 1.29 is 0 Å². The molecule has 1 saturated heterocycles. The number of hydrogen-bond acceptors (Lipinski definition) is 2. The molecule has 0 saturated carbocycles. The summed E-state index contributed by atoms with van der Waals surface area (Å²) in [5, 5.41) is 1.24. The van der Waals surface area contributed by atoms with Crippen LogP contribution in [-0.4, -0.2) is 18.1 Å². The number of fused-ring (bicyclic) bond motifs is 1. The first-order chi connectivity index (χ1) is 8.24. The molecule has 2 heterocycles. The number of hydrogen-bond donors (Lipinski definition) is 0. The zero-order valence-electron chi connectivity index (χ0n) is 9.91. The molecule has 0 N–H and O–H groups in total. The number of pyridine rings is 1. The molecule has 0 bridgehead atoms. The molecule has 17 heavy (non-hydrogen) atoms. The van der Waals surface area contributed by atoms with Gasteiger partial charge < -0.3 is 4.90 Å². The molecule has 1 aliphatic rings. The van der Waals surface area contributed by atoms with Gasteiger partial charge in [-0.05, 0) is 49.6 Å². The molecule has 3 rings (SSSR count). The Morgan fingerprint density at radius 1 is 1.18 bits per heavy atom. The van der Waals surface area contributed by atoms with Gasteiger partial charge in [0.1, 0.15) is 5.82 Å². The number of aromatic nitrogens is 1. The van der Waals surface area contributed by atoms with E-state index in [1.54, 1.807) is 0 Å². The maximum absolute atomic E-state index is 4.76. The fourth-order valence-electron chi connectivity index (χ4n) is 2.46. The molecule has 0 spiro atoms. The van der Waals surface area contributed by atoms with Crippen LogP contribution in [0.15, 0.2) is 28.7 Å². The van der Waals surface area contributed by atoms with Crippen LogP contribution in [0, 0.1) is 6.92 Å². The Hall–Kier alpha value is -1.09. The molecule has 0 unspecified atom stereocenters. The van der Waals surface area contributed by atoms with Crippen molar-refractivity contribution in [2.45, 2.75) is 19.8 Å². The fraction of sp³-hybridized carbons (Fsp3) is 0.357. The number of halogens is 1. The molecule has 1 aromatic carbocycles. The summed E-state index contributed by atoms with van der Waals surface area (Å²) >= 11 is 3.51. The van der Waals surface area contributed by atoms with E-state index in [0.29, 0.717) is 0 Å². The van der Waals surface area contributed by atoms with E-state index in [9.17, 15) is 0 Å². The van der Waals surface area contributed by atoms with Gasteiger partial charge in [0.05, 0.1) is 5.52 Å². The molecule has 0 amide bonds. The summed E-state index contributed by atoms with van der Waals surface area (Å²) < 4.78 is 1.11. The number of aryl methyl sites for hydroxylation is 1. The second-order valence-electron chi connectivity index (χ2n) is 4.65. The molecular formula is C14H15BrN2. The fourth-order valence-corrected chi connectivity index (χ4v) is 2.82. The average Bonchev–Trinajstić information content (AvgIpc) is 2.83. The van der Waals surface area contributed by atoms with Crippen LogP contribution < -0.4 is 4.90 Å². The van der Waals surface area contributed by atoms with E-state index < -0.39 is 0 Å². The summed E-state index contributed by atoms with van der Waals surface area (Å²) in [5.74, 6) is 1.13. The quantitative estimate of drug-likeness (QED) is 0.792. The Bertz CT molecular complexity index is 559. The third-order valence-electron chi connectivity index (χ3n) is 3.39. The monoisotopic (exact) mass is 290 g/mol. The van der Waals surface area contributed by atoms with E-state index in [1.807, 2.05) is 0 Å². The van der Waals surface area contributed by atoms with Crippen LogP contribution >= 0.6 is 15.9 Å².